The first-order valence-electron chi connectivity index (χ1n) is 5.40. The molecule has 1 saturated heterocycles. The van der Waals surface area contributed by atoms with E-state index in [2.05, 4.69) is 5.32 Å². The number of carboxylic acid groups (broad SMARTS) is 1. The van der Waals surface area contributed by atoms with Crippen LogP contribution in [-0.2, 0) is 9.53 Å². The van der Waals surface area contributed by atoms with E-state index in [0.717, 1.165) is 6.42 Å². The van der Waals surface area contributed by atoms with E-state index in [9.17, 15) is 9.59 Å². The monoisotopic (exact) mass is 230 g/mol. The van der Waals surface area contributed by atoms with E-state index in [-0.39, 0.29) is 12.1 Å². The molecule has 92 valence electrons. The molecule has 16 heavy (non-hydrogen) atoms. The van der Waals surface area contributed by atoms with Crippen molar-refractivity contribution in [2.45, 2.75) is 31.8 Å². The zero-order valence-corrected chi connectivity index (χ0v) is 9.60. The van der Waals surface area contributed by atoms with Gasteiger partial charge < -0.3 is 20.1 Å². The number of rotatable bonds is 4. The summed E-state index contributed by atoms with van der Waals surface area (Å²) in [5.41, 5.74) is 0. The summed E-state index contributed by atoms with van der Waals surface area (Å²) in [6, 6.07) is -1.13. The third-order valence-electron chi connectivity index (χ3n) is 2.78. The molecule has 0 saturated carbocycles. The van der Waals surface area contributed by atoms with Crippen LogP contribution in [0.5, 0.6) is 0 Å². The highest BCUT2D eigenvalue weighted by Crippen LogP contribution is 2.10. The minimum Gasteiger partial charge on any atom is -0.480 e. The molecule has 0 aliphatic carbocycles. The molecule has 1 rings (SSSR count). The predicted octanol–water partition coefficient (Wildman–Crippen LogP) is 0.280. The van der Waals surface area contributed by atoms with Gasteiger partial charge in [0.2, 0.25) is 0 Å². The van der Waals surface area contributed by atoms with Crippen LogP contribution in [0.2, 0.25) is 0 Å². The Morgan fingerprint density at radius 3 is 2.75 bits per heavy atom. The van der Waals surface area contributed by atoms with Gasteiger partial charge in [-0.05, 0) is 12.8 Å². The maximum Gasteiger partial charge on any atom is 0.326 e. The van der Waals surface area contributed by atoms with Gasteiger partial charge in [-0.2, -0.15) is 0 Å². The molecule has 1 aliphatic heterocycles. The summed E-state index contributed by atoms with van der Waals surface area (Å²) in [4.78, 5) is 24.0. The van der Waals surface area contributed by atoms with Gasteiger partial charge in [0.05, 0.1) is 12.6 Å². The van der Waals surface area contributed by atoms with Gasteiger partial charge in [0.1, 0.15) is 6.04 Å². The summed E-state index contributed by atoms with van der Waals surface area (Å²) in [5.74, 6) is -1.01. The van der Waals surface area contributed by atoms with E-state index in [4.69, 9.17) is 9.84 Å². The summed E-state index contributed by atoms with van der Waals surface area (Å²) in [7, 11) is 1.66. The highest BCUT2D eigenvalue weighted by atomic mass is 16.5. The van der Waals surface area contributed by atoms with Gasteiger partial charge in [-0.25, -0.2) is 9.59 Å². The Hall–Kier alpha value is -1.30. The Balaban J connectivity index is 2.46. The van der Waals surface area contributed by atoms with Gasteiger partial charge in [0, 0.05) is 13.7 Å². The molecule has 0 aromatic rings. The summed E-state index contributed by atoms with van der Waals surface area (Å²) in [6.07, 6.45) is 1.17. The smallest absolute Gasteiger partial charge is 0.326 e. The summed E-state index contributed by atoms with van der Waals surface area (Å²) in [5, 5.41) is 11.3. The fourth-order valence-electron chi connectivity index (χ4n) is 1.58. The number of ether oxygens (including phenoxy) is 1. The largest absolute Gasteiger partial charge is 0.480 e. The number of carbonyl (C=O) groups is 2. The van der Waals surface area contributed by atoms with Crippen molar-refractivity contribution in [2.24, 2.45) is 0 Å². The van der Waals surface area contributed by atoms with E-state index in [0.29, 0.717) is 19.6 Å². The molecule has 0 spiro atoms. The summed E-state index contributed by atoms with van der Waals surface area (Å²) in [6.45, 7) is 2.89. The third kappa shape index (κ3) is 3.10. The van der Waals surface area contributed by atoms with Crippen LogP contribution in [0.15, 0.2) is 0 Å². The quantitative estimate of drug-likeness (QED) is 0.727. The van der Waals surface area contributed by atoms with Crippen molar-refractivity contribution in [3.63, 3.8) is 0 Å². The van der Waals surface area contributed by atoms with Crippen LogP contribution >= 0.6 is 0 Å². The van der Waals surface area contributed by atoms with Crippen molar-refractivity contribution in [1.82, 2.24) is 10.2 Å². The van der Waals surface area contributed by atoms with Gasteiger partial charge in [0.25, 0.3) is 0 Å². The minimum atomic E-state index is -1.01. The number of nitrogens with one attached hydrogen (secondary N) is 1. The number of hydrogen-bond donors (Lipinski definition) is 2. The van der Waals surface area contributed by atoms with Gasteiger partial charge in [0.15, 0.2) is 0 Å². The SMILES string of the molecule is CC[C@H](NC(=O)N(C)C1CCOC1)C(=O)O. The highest BCUT2D eigenvalue weighted by molar-refractivity contribution is 5.82. The van der Waals surface area contributed by atoms with Crippen molar-refractivity contribution in [1.29, 1.82) is 0 Å². The minimum absolute atomic E-state index is 0.0475. The Morgan fingerprint density at radius 2 is 2.31 bits per heavy atom. The number of carboxylic acids is 1. The molecule has 2 atom stereocenters. The van der Waals surface area contributed by atoms with Crippen LogP contribution < -0.4 is 5.32 Å². The topological polar surface area (TPSA) is 78.9 Å². The lowest BCUT2D eigenvalue weighted by atomic mass is 10.2. The molecule has 6 nitrogen and oxygen atoms in total. The molecule has 0 radical (unpaired) electrons. The maximum atomic E-state index is 11.7. The number of nitrogens with zero attached hydrogens (tertiary/aromatic N) is 1. The van der Waals surface area contributed by atoms with Crippen LogP contribution in [0.3, 0.4) is 0 Å². The second kappa shape index (κ2) is 5.69. The standard InChI is InChI=1S/C10H18N2O4/c1-3-8(9(13)14)11-10(15)12(2)7-4-5-16-6-7/h7-8H,3-6H2,1-2H3,(H,11,15)(H,13,14)/t7?,8-/m0/s1. The molecule has 0 aromatic carbocycles. The van der Waals surface area contributed by atoms with Crippen LogP contribution in [-0.4, -0.2) is 54.4 Å². The van der Waals surface area contributed by atoms with Crippen molar-refractivity contribution >= 4 is 12.0 Å². The molecule has 6 heteroatoms. The van der Waals surface area contributed by atoms with Crippen LogP contribution in [0.4, 0.5) is 4.79 Å². The Bertz CT molecular complexity index is 264. The molecular formula is C10H18N2O4. The Labute approximate surface area is 94.6 Å². The van der Waals surface area contributed by atoms with Crippen LogP contribution in [0, 0.1) is 0 Å². The molecular weight excluding hydrogens is 212 g/mol. The van der Waals surface area contributed by atoms with Crippen molar-refractivity contribution < 1.29 is 19.4 Å². The number of hydrogen-bond acceptors (Lipinski definition) is 3. The number of amides is 2. The van der Waals surface area contributed by atoms with E-state index in [1.807, 2.05) is 0 Å². The first kappa shape index (κ1) is 12.8. The molecule has 1 aliphatic rings. The van der Waals surface area contributed by atoms with E-state index >= 15 is 0 Å². The van der Waals surface area contributed by atoms with E-state index in [1.165, 1.54) is 4.90 Å². The number of carbonyl (C=O) groups excluding carboxylic acids is 1. The molecule has 0 aromatic heterocycles. The molecule has 2 amide bonds. The fraction of sp³-hybridized carbons (Fsp3) is 0.800. The second-order valence-electron chi connectivity index (χ2n) is 3.88. The molecule has 1 heterocycles. The lowest BCUT2D eigenvalue weighted by Crippen LogP contribution is -2.49. The van der Waals surface area contributed by atoms with E-state index < -0.39 is 12.0 Å². The van der Waals surface area contributed by atoms with Crippen LogP contribution in [0.25, 0.3) is 0 Å². The first-order valence-corrected chi connectivity index (χ1v) is 5.40. The van der Waals surface area contributed by atoms with Crippen molar-refractivity contribution in [2.75, 3.05) is 20.3 Å². The zero-order valence-electron chi connectivity index (χ0n) is 9.60. The average Bonchev–Trinajstić information content (AvgIpc) is 2.77. The number of aliphatic carboxylic acids is 1. The third-order valence-corrected chi connectivity index (χ3v) is 2.78. The van der Waals surface area contributed by atoms with E-state index in [1.54, 1.807) is 14.0 Å². The Kier molecular flexibility index (Phi) is 4.54. The summed E-state index contributed by atoms with van der Waals surface area (Å²) < 4.78 is 5.17. The predicted molar refractivity (Wildman–Crippen MR) is 57.2 cm³/mol. The lowest BCUT2D eigenvalue weighted by molar-refractivity contribution is -0.139. The highest BCUT2D eigenvalue weighted by Gasteiger charge is 2.26. The van der Waals surface area contributed by atoms with Crippen molar-refractivity contribution in [3.05, 3.63) is 0 Å². The summed E-state index contributed by atoms with van der Waals surface area (Å²) >= 11 is 0. The molecule has 2 N–H and O–H groups in total. The normalized spacial score (nSPS) is 21.5. The molecule has 1 unspecified atom stereocenters. The van der Waals surface area contributed by atoms with Gasteiger partial charge in [-0.1, -0.05) is 6.92 Å². The molecule has 1 fully saturated rings. The zero-order chi connectivity index (χ0) is 12.1. The fourth-order valence-corrected chi connectivity index (χ4v) is 1.58. The van der Waals surface area contributed by atoms with Crippen molar-refractivity contribution in [3.8, 4) is 0 Å². The second-order valence-corrected chi connectivity index (χ2v) is 3.88. The van der Waals surface area contributed by atoms with Gasteiger partial charge in [-0.3, -0.25) is 0 Å². The average molecular weight is 230 g/mol. The number of urea groups is 1. The Morgan fingerprint density at radius 1 is 1.62 bits per heavy atom. The molecule has 0 bridgehead atoms. The maximum absolute atomic E-state index is 11.7. The lowest BCUT2D eigenvalue weighted by Gasteiger charge is -2.25. The first-order chi connectivity index (χ1) is 7.56. The van der Waals surface area contributed by atoms with Gasteiger partial charge >= 0.3 is 12.0 Å². The number of likely N-dealkylation sites (N-methyl/N-ethyl adjacent to an activating group) is 1. The van der Waals surface area contributed by atoms with Gasteiger partial charge in [-0.15, -0.1) is 0 Å². The van der Waals surface area contributed by atoms with Crippen LogP contribution in [0.1, 0.15) is 19.8 Å².